The maximum atomic E-state index is 5.86. The van der Waals surface area contributed by atoms with E-state index >= 15 is 0 Å². The van der Waals surface area contributed by atoms with Gasteiger partial charge in [0.05, 0.1) is 6.10 Å². The number of hydrogen-bond acceptors (Lipinski definition) is 2. The first-order valence-electron chi connectivity index (χ1n) is 5.86. The van der Waals surface area contributed by atoms with Crippen LogP contribution in [0.15, 0.2) is 24.3 Å². The molecule has 0 aromatic heterocycles. The van der Waals surface area contributed by atoms with Crippen LogP contribution in [0, 0.1) is 0 Å². The molecule has 2 rings (SSSR count). The van der Waals surface area contributed by atoms with Crippen LogP contribution in [0.1, 0.15) is 31.4 Å². The average molecular weight is 240 g/mol. The fourth-order valence-corrected chi connectivity index (χ4v) is 2.11. The second-order valence-electron chi connectivity index (χ2n) is 4.32. The van der Waals surface area contributed by atoms with Crippen LogP contribution < -0.4 is 5.32 Å². The fraction of sp³-hybridized carbons (Fsp3) is 0.538. The molecule has 1 heterocycles. The zero-order chi connectivity index (χ0) is 11.4. The highest BCUT2D eigenvalue weighted by molar-refractivity contribution is 6.30. The molecule has 1 aliphatic rings. The second kappa shape index (κ2) is 5.67. The van der Waals surface area contributed by atoms with Crippen molar-refractivity contribution >= 4 is 11.6 Å². The summed E-state index contributed by atoms with van der Waals surface area (Å²) in [7, 11) is 0. The summed E-state index contributed by atoms with van der Waals surface area (Å²) in [4.78, 5) is 0. The van der Waals surface area contributed by atoms with Crippen LogP contribution in [0.25, 0.3) is 0 Å². The smallest absolute Gasteiger partial charge is 0.0700 e. The van der Waals surface area contributed by atoms with Gasteiger partial charge in [-0.1, -0.05) is 23.7 Å². The molecule has 3 heteroatoms. The molecule has 0 aliphatic carbocycles. The molecule has 1 aliphatic heterocycles. The fourth-order valence-electron chi connectivity index (χ4n) is 1.98. The SMILES string of the molecule is C[C@H](NCC1CCCO1)c1ccc(Cl)cc1. The standard InChI is InChI=1S/C13H18ClNO/c1-10(11-4-6-12(14)7-5-11)15-9-13-3-2-8-16-13/h4-7,10,13,15H,2-3,8-9H2,1H3/t10-,13?/m0/s1. The van der Waals surface area contributed by atoms with E-state index < -0.39 is 0 Å². The molecule has 0 saturated carbocycles. The third-order valence-electron chi connectivity index (χ3n) is 3.05. The van der Waals surface area contributed by atoms with Crippen LogP contribution in [0.2, 0.25) is 5.02 Å². The van der Waals surface area contributed by atoms with Crippen molar-refractivity contribution in [3.8, 4) is 0 Å². The number of benzene rings is 1. The highest BCUT2D eigenvalue weighted by Crippen LogP contribution is 2.17. The Morgan fingerprint density at radius 3 is 2.81 bits per heavy atom. The molecule has 88 valence electrons. The van der Waals surface area contributed by atoms with E-state index in [0.717, 1.165) is 18.2 Å². The molecular weight excluding hydrogens is 222 g/mol. The summed E-state index contributed by atoms with van der Waals surface area (Å²) in [5.74, 6) is 0. The molecule has 2 atom stereocenters. The van der Waals surface area contributed by atoms with E-state index in [2.05, 4.69) is 24.4 Å². The largest absolute Gasteiger partial charge is 0.377 e. The van der Waals surface area contributed by atoms with E-state index in [4.69, 9.17) is 16.3 Å². The van der Waals surface area contributed by atoms with Crippen molar-refractivity contribution in [2.45, 2.75) is 31.9 Å². The lowest BCUT2D eigenvalue weighted by atomic mass is 10.1. The average Bonchev–Trinajstić information content (AvgIpc) is 2.80. The monoisotopic (exact) mass is 239 g/mol. The van der Waals surface area contributed by atoms with E-state index in [1.54, 1.807) is 0 Å². The van der Waals surface area contributed by atoms with Gasteiger partial charge in [0.2, 0.25) is 0 Å². The van der Waals surface area contributed by atoms with Crippen LogP contribution in [-0.2, 0) is 4.74 Å². The van der Waals surface area contributed by atoms with Gasteiger partial charge in [-0.15, -0.1) is 0 Å². The van der Waals surface area contributed by atoms with Crippen LogP contribution in [-0.4, -0.2) is 19.3 Å². The van der Waals surface area contributed by atoms with Crippen molar-refractivity contribution in [1.29, 1.82) is 0 Å². The van der Waals surface area contributed by atoms with Gasteiger partial charge in [-0.3, -0.25) is 0 Å². The predicted molar refractivity (Wildman–Crippen MR) is 66.8 cm³/mol. The summed E-state index contributed by atoms with van der Waals surface area (Å²) >= 11 is 5.86. The summed E-state index contributed by atoms with van der Waals surface area (Å²) in [6, 6.07) is 8.34. The first-order chi connectivity index (χ1) is 7.75. The number of ether oxygens (including phenoxy) is 1. The Morgan fingerprint density at radius 2 is 2.19 bits per heavy atom. The molecule has 16 heavy (non-hydrogen) atoms. The highest BCUT2D eigenvalue weighted by Gasteiger charge is 2.16. The molecule has 2 nitrogen and oxygen atoms in total. The van der Waals surface area contributed by atoms with Gasteiger partial charge in [-0.25, -0.2) is 0 Å². The van der Waals surface area contributed by atoms with Crippen LogP contribution in [0.5, 0.6) is 0 Å². The zero-order valence-corrected chi connectivity index (χ0v) is 10.3. The predicted octanol–water partition coefficient (Wildman–Crippen LogP) is 3.17. The van der Waals surface area contributed by atoms with Crippen molar-refractivity contribution in [2.75, 3.05) is 13.2 Å². The lowest BCUT2D eigenvalue weighted by Crippen LogP contribution is -2.28. The number of hydrogen-bond donors (Lipinski definition) is 1. The molecule has 0 amide bonds. The normalized spacial score (nSPS) is 22.2. The van der Waals surface area contributed by atoms with Crippen molar-refractivity contribution in [3.63, 3.8) is 0 Å². The number of nitrogens with one attached hydrogen (secondary N) is 1. The highest BCUT2D eigenvalue weighted by atomic mass is 35.5. The topological polar surface area (TPSA) is 21.3 Å². The molecule has 0 bridgehead atoms. The van der Waals surface area contributed by atoms with Gasteiger partial charge in [0.1, 0.15) is 0 Å². The van der Waals surface area contributed by atoms with E-state index in [1.165, 1.54) is 18.4 Å². The van der Waals surface area contributed by atoms with Crippen LogP contribution in [0.4, 0.5) is 0 Å². The van der Waals surface area contributed by atoms with Crippen LogP contribution >= 0.6 is 11.6 Å². The minimum atomic E-state index is 0.349. The molecule has 1 N–H and O–H groups in total. The maximum absolute atomic E-state index is 5.86. The van der Waals surface area contributed by atoms with Gasteiger partial charge in [0.25, 0.3) is 0 Å². The van der Waals surface area contributed by atoms with Crippen molar-refractivity contribution < 1.29 is 4.74 Å². The van der Waals surface area contributed by atoms with E-state index in [9.17, 15) is 0 Å². The van der Waals surface area contributed by atoms with E-state index in [-0.39, 0.29) is 0 Å². The summed E-state index contributed by atoms with van der Waals surface area (Å²) in [6.45, 7) is 4.02. The molecule has 1 aromatic carbocycles. The van der Waals surface area contributed by atoms with Gasteiger partial charge in [0.15, 0.2) is 0 Å². The molecule has 1 saturated heterocycles. The van der Waals surface area contributed by atoms with Crippen molar-refractivity contribution in [3.05, 3.63) is 34.9 Å². The lowest BCUT2D eigenvalue weighted by Gasteiger charge is -2.17. The first-order valence-corrected chi connectivity index (χ1v) is 6.24. The Labute approximate surface area is 102 Å². The number of rotatable bonds is 4. The molecule has 0 spiro atoms. The molecule has 1 fully saturated rings. The van der Waals surface area contributed by atoms with Crippen LogP contribution in [0.3, 0.4) is 0 Å². The van der Waals surface area contributed by atoms with Crippen molar-refractivity contribution in [1.82, 2.24) is 5.32 Å². The first kappa shape index (κ1) is 11.9. The Morgan fingerprint density at radius 1 is 1.44 bits per heavy atom. The molecule has 1 aromatic rings. The van der Waals surface area contributed by atoms with Gasteiger partial charge in [-0.2, -0.15) is 0 Å². The molecular formula is C13H18ClNO. The van der Waals surface area contributed by atoms with Gasteiger partial charge >= 0.3 is 0 Å². The summed E-state index contributed by atoms with van der Waals surface area (Å²) < 4.78 is 5.57. The second-order valence-corrected chi connectivity index (χ2v) is 4.75. The van der Waals surface area contributed by atoms with Crippen molar-refractivity contribution in [2.24, 2.45) is 0 Å². The summed E-state index contributed by atoms with van der Waals surface area (Å²) in [5.41, 5.74) is 1.27. The quantitative estimate of drug-likeness (QED) is 0.872. The summed E-state index contributed by atoms with van der Waals surface area (Å²) in [6.07, 6.45) is 2.77. The Balaban J connectivity index is 1.82. The third-order valence-corrected chi connectivity index (χ3v) is 3.30. The zero-order valence-electron chi connectivity index (χ0n) is 9.58. The molecule has 0 radical (unpaired) electrons. The minimum Gasteiger partial charge on any atom is -0.377 e. The lowest BCUT2D eigenvalue weighted by molar-refractivity contribution is 0.108. The van der Waals surface area contributed by atoms with Gasteiger partial charge in [0, 0.05) is 24.2 Å². The summed E-state index contributed by atoms with van der Waals surface area (Å²) in [5, 5.41) is 4.28. The number of halogens is 1. The van der Waals surface area contributed by atoms with Gasteiger partial charge < -0.3 is 10.1 Å². The van der Waals surface area contributed by atoms with Gasteiger partial charge in [-0.05, 0) is 37.5 Å². The van der Waals surface area contributed by atoms with E-state index in [0.29, 0.717) is 12.1 Å². The third kappa shape index (κ3) is 3.21. The minimum absolute atomic E-state index is 0.349. The Kier molecular flexibility index (Phi) is 4.22. The maximum Gasteiger partial charge on any atom is 0.0700 e. The Hall–Kier alpha value is -0.570. The Bertz CT molecular complexity index is 319. The van der Waals surface area contributed by atoms with E-state index in [1.807, 2.05) is 12.1 Å². The molecule has 1 unspecified atom stereocenters.